The summed E-state index contributed by atoms with van der Waals surface area (Å²) in [7, 11) is 0. The number of hydrogen-bond donors (Lipinski definition) is 2. The lowest BCUT2D eigenvalue weighted by atomic mass is 9.95. The number of amides is 1. The average Bonchev–Trinajstić information content (AvgIpc) is 3.29. The third-order valence-electron chi connectivity index (χ3n) is 4.13. The first kappa shape index (κ1) is 15.1. The molecule has 3 rings (SSSR count). The number of thiazole rings is 1. The molecule has 1 amide bonds. The van der Waals surface area contributed by atoms with Crippen molar-refractivity contribution < 1.29 is 4.79 Å². The van der Waals surface area contributed by atoms with Crippen molar-refractivity contribution in [1.29, 1.82) is 0 Å². The highest BCUT2D eigenvalue weighted by molar-refractivity contribution is 7.13. The summed E-state index contributed by atoms with van der Waals surface area (Å²) in [4.78, 5) is 20.9. The number of aromatic nitrogens is 2. The van der Waals surface area contributed by atoms with Crippen LogP contribution in [0.3, 0.4) is 0 Å². The highest BCUT2D eigenvalue weighted by Crippen LogP contribution is 2.39. The quantitative estimate of drug-likeness (QED) is 0.854. The summed E-state index contributed by atoms with van der Waals surface area (Å²) < 4.78 is 0. The van der Waals surface area contributed by atoms with E-state index in [2.05, 4.69) is 15.3 Å². The van der Waals surface area contributed by atoms with Gasteiger partial charge in [0.05, 0.1) is 17.7 Å². The van der Waals surface area contributed by atoms with E-state index in [9.17, 15) is 4.79 Å². The molecule has 1 fully saturated rings. The summed E-state index contributed by atoms with van der Waals surface area (Å²) in [6, 6.07) is 3.85. The highest BCUT2D eigenvalue weighted by atomic mass is 32.1. The molecule has 22 heavy (non-hydrogen) atoms. The lowest BCUT2D eigenvalue weighted by Gasteiger charge is -2.29. The number of carbonyl (C=O) groups excluding carboxylic acids is 1. The molecule has 2 aromatic rings. The summed E-state index contributed by atoms with van der Waals surface area (Å²) in [6.07, 6.45) is 6.10. The molecular weight excluding hydrogens is 296 g/mol. The van der Waals surface area contributed by atoms with Gasteiger partial charge in [0, 0.05) is 29.9 Å². The standard InChI is InChI=1S/C16H20N4OS/c1-16(10-17,12-4-5-12)20-14(21)7-13-9-22-15(19-13)11-3-2-6-18-8-11/h2-3,6,8-9,12H,4-5,7,10,17H2,1H3,(H,20,21). The van der Waals surface area contributed by atoms with Crippen molar-refractivity contribution in [2.45, 2.75) is 31.7 Å². The largest absolute Gasteiger partial charge is 0.349 e. The lowest BCUT2D eigenvalue weighted by molar-refractivity contribution is -0.122. The van der Waals surface area contributed by atoms with Crippen LogP contribution < -0.4 is 11.1 Å². The zero-order valence-electron chi connectivity index (χ0n) is 12.6. The molecule has 0 aromatic carbocycles. The minimum Gasteiger partial charge on any atom is -0.349 e. The fraction of sp³-hybridized carbons (Fsp3) is 0.438. The Hall–Kier alpha value is -1.79. The molecule has 0 radical (unpaired) electrons. The SMILES string of the molecule is CC(CN)(NC(=O)Cc1csc(-c2cccnc2)n1)C1CC1. The second-order valence-electron chi connectivity index (χ2n) is 6.01. The number of carbonyl (C=O) groups is 1. The summed E-state index contributed by atoms with van der Waals surface area (Å²) in [5, 5.41) is 5.91. The number of nitrogens with zero attached hydrogens (tertiary/aromatic N) is 2. The van der Waals surface area contributed by atoms with Crippen molar-refractivity contribution in [3.63, 3.8) is 0 Å². The molecule has 6 heteroatoms. The van der Waals surface area contributed by atoms with E-state index in [1.54, 1.807) is 12.4 Å². The van der Waals surface area contributed by atoms with Gasteiger partial charge in [0.15, 0.2) is 0 Å². The summed E-state index contributed by atoms with van der Waals surface area (Å²) >= 11 is 1.53. The van der Waals surface area contributed by atoms with E-state index >= 15 is 0 Å². The first-order valence-corrected chi connectivity index (χ1v) is 8.34. The first-order chi connectivity index (χ1) is 10.6. The van der Waals surface area contributed by atoms with Gasteiger partial charge >= 0.3 is 0 Å². The first-order valence-electron chi connectivity index (χ1n) is 7.46. The molecule has 116 valence electrons. The molecule has 3 N–H and O–H groups in total. The molecule has 1 aliphatic rings. The third kappa shape index (κ3) is 3.34. The average molecular weight is 316 g/mol. The number of nitrogens with one attached hydrogen (secondary N) is 1. The smallest absolute Gasteiger partial charge is 0.226 e. The maximum atomic E-state index is 12.3. The summed E-state index contributed by atoms with van der Waals surface area (Å²) in [5.74, 6) is 0.505. The van der Waals surface area contributed by atoms with Crippen molar-refractivity contribution in [2.24, 2.45) is 11.7 Å². The zero-order valence-corrected chi connectivity index (χ0v) is 13.4. The fourth-order valence-corrected chi connectivity index (χ4v) is 3.39. The van der Waals surface area contributed by atoms with Crippen LogP contribution in [-0.2, 0) is 11.2 Å². The van der Waals surface area contributed by atoms with Gasteiger partial charge in [-0.3, -0.25) is 9.78 Å². The zero-order chi connectivity index (χ0) is 15.6. The van der Waals surface area contributed by atoms with Gasteiger partial charge in [-0.1, -0.05) is 0 Å². The predicted octanol–water partition coefficient (Wildman–Crippen LogP) is 1.99. The van der Waals surface area contributed by atoms with E-state index in [1.165, 1.54) is 11.3 Å². The second kappa shape index (κ2) is 6.14. The van der Waals surface area contributed by atoms with Crippen LogP contribution in [0.1, 0.15) is 25.5 Å². The van der Waals surface area contributed by atoms with Gasteiger partial charge < -0.3 is 11.1 Å². The van der Waals surface area contributed by atoms with Gasteiger partial charge in [-0.05, 0) is 37.8 Å². The van der Waals surface area contributed by atoms with Crippen LogP contribution in [0, 0.1) is 5.92 Å². The van der Waals surface area contributed by atoms with Gasteiger partial charge in [-0.15, -0.1) is 11.3 Å². The molecular formula is C16H20N4OS. The molecule has 0 bridgehead atoms. The van der Waals surface area contributed by atoms with Gasteiger partial charge in [-0.2, -0.15) is 0 Å². The number of rotatable bonds is 6. The molecule has 1 atom stereocenters. The molecule has 2 aromatic heterocycles. The Labute approximate surface area is 134 Å². The summed E-state index contributed by atoms with van der Waals surface area (Å²) in [5.41, 5.74) is 7.32. The maximum Gasteiger partial charge on any atom is 0.226 e. The van der Waals surface area contributed by atoms with Crippen LogP contribution in [0.5, 0.6) is 0 Å². The number of hydrogen-bond acceptors (Lipinski definition) is 5. The Morgan fingerprint density at radius 2 is 2.36 bits per heavy atom. The Morgan fingerprint density at radius 3 is 3.00 bits per heavy atom. The van der Waals surface area contributed by atoms with Gasteiger partial charge in [-0.25, -0.2) is 4.98 Å². The Kier molecular flexibility index (Phi) is 4.22. The van der Waals surface area contributed by atoms with Crippen LogP contribution >= 0.6 is 11.3 Å². The maximum absolute atomic E-state index is 12.3. The van der Waals surface area contributed by atoms with E-state index in [0.29, 0.717) is 18.9 Å². The highest BCUT2D eigenvalue weighted by Gasteiger charge is 2.41. The third-order valence-corrected chi connectivity index (χ3v) is 5.07. The monoisotopic (exact) mass is 316 g/mol. The van der Waals surface area contributed by atoms with Crippen LogP contribution in [-0.4, -0.2) is 28.0 Å². The van der Waals surface area contributed by atoms with Gasteiger partial charge in [0.2, 0.25) is 5.91 Å². The topological polar surface area (TPSA) is 80.9 Å². The van der Waals surface area contributed by atoms with Crippen LogP contribution in [0.15, 0.2) is 29.9 Å². The fourth-order valence-electron chi connectivity index (χ4n) is 2.58. The van der Waals surface area contributed by atoms with E-state index < -0.39 is 0 Å². The van der Waals surface area contributed by atoms with Gasteiger partial charge in [0.25, 0.3) is 0 Å². The van der Waals surface area contributed by atoms with Crippen molar-refractivity contribution in [1.82, 2.24) is 15.3 Å². The van der Waals surface area contributed by atoms with Crippen LogP contribution in [0.25, 0.3) is 10.6 Å². The minimum absolute atomic E-state index is 0.0112. The molecule has 1 unspecified atom stereocenters. The van der Waals surface area contributed by atoms with Crippen molar-refractivity contribution in [3.05, 3.63) is 35.6 Å². The van der Waals surface area contributed by atoms with E-state index in [1.807, 2.05) is 24.4 Å². The normalized spacial score (nSPS) is 17.0. The molecule has 0 saturated heterocycles. The lowest BCUT2D eigenvalue weighted by Crippen LogP contribution is -2.53. The predicted molar refractivity (Wildman–Crippen MR) is 87.4 cm³/mol. The molecule has 5 nitrogen and oxygen atoms in total. The Balaban J connectivity index is 1.64. The summed E-state index contributed by atoms with van der Waals surface area (Å²) in [6.45, 7) is 2.51. The van der Waals surface area contributed by atoms with Gasteiger partial charge in [0.1, 0.15) is 5.01 Å². The van der Waals surface area contributed by atoms with E-state index in [-0.39, 0.29) is 11.4 Å². The Morgan fingerprint density at radius 1 is 1.55 bits per heavy atom. The molecule has 0 spiro atoms. The molecule has 1 aliphatic carbocycles. The number of pyridine rings is 1. The van der Waals surface area contributed by atoms with E-state index in [0.717, 1.165) is 29.1 Å². The van der Waals surface area contributed by atoms with Crippen molar-refractivity contribution >= 4 is 17.2 Å². The van der Waals surface area contributed by atoms with Crippen molar-refractivity contribution in [3.8, 4) is 10.6 Å². The molecule has 0 aliphatic heterocycles. The molecule has 2 heterocycles. The second-order valence-corrected chi connectivity index (χ2v) is 6.86. The molecule has 1 saturated carbocycles. The van der Waals surface area contributed by atoms with E-state index in [4.69, 9.17) is 5.73 Å². The van der Waals surface area contributed by atoms with Crippen LogP contribution in [0.2, 0.25) is 0 Å². The Bertz CT molecular complexity index is 653. The minimum atomic E-state index is -0.278. The van der Waals surface area contributed by atoms with Crippen molar-refractivity contribution in [2.75, 3.05) is 6.54 Å². The number of nitrogens with two attached hydrogens (primary N) is 1. The van der Waals surface area contributed by atoms with Crippen LogP contribution in [0.4, 0.5) is 0 Å².